The Kier molecular flexibility index (Phi) is 6.06. The molecule has 0 radical (unpaired) electrons. The summed E-state index contributed by atoms with van der Waals surface area (Å²) in [6, 6.07) is 7.41. The maximum atomic E-state index is 12.5. The average molecular weight is 377 g/mol. The molecule has 4 nitrogen and oxygen atoms in total. The number of hydrogen-bond acceptors (Lipinski definition) is 3. The maximum Gasteiger partial charge on any atom is 0.434 e. The number of nitrogens with zero attached hydrogens (tertiary/aromatic N) is 3. The van der Waals surface area contributed by atoms with Crippen molar-refractivity contribution in [1.82, 2.24) is 15.2 Å². The largest absolute Gasteiger partial charge is 0.434 e. The number of rotatable bonds is 4. The molecule has 0 saturated carbocycles. The van der Waals surface area contributed by atoms with Crippen molar-refractivity contribution in [2.24, 2.45) is 4.99 Å². The van der Waals surface area contributed by atoms with Crippen molar-refractivity contribution < 1.29 is 13.2 Å². The third-order valence-corrected chi connectivity index (χ3v) is 4.25. The van der Waals surface area contributed by atoms with Crippen LogP contribution in [0.4, 0.5) is 13.2 Å². The molecule has 0 spiro atoms. The van der Waals surface area contributed by atoms with E-state index in [1.54, 1.807) is 19.2 Å². The molecular formula is C15H16ClF3N4S. The van der Waals surface area contributed by atoms with Gasteiger partial charge in [-0.25, -0.2) is 4.98 Å². The van der Waals surface area contributed by atoms with Crippen LogP contribution in [0.15, 0.2) is 34.6 Å². The second-order valence-corrected chi connectivity index (χ2v) is 6.39. The molecule has 0 unspecified atom stereocenters. The molecule has 0 amide bonds. The molecule has 9 heteroatoms. The molecule has 1 N–H and O–H groups in total. The van der Waals surface area contributed by atoms with Crippen LogP contribution in [0.5, 0.6) is 0 Å². The van der Waals surface area contributed by atoms with Gasteiger partial charge in [0.25, 0.3) is 0 Å². The standard InChI is InChI=1S/C15H16ClF3N4S/c1-20-14(23(2)8-10-3-5-11(16)6-4-10)21-7-13-22-12(9-24-13)15(17,18)19/h3-6,9H,7-8H2,1-2H3,(H,20,21). The fourth-order valence-corrected chi connectivity index (χ4v) is 2.87. The average Bonchev–Trinajstić information content (AvgIpc) is 2.99. The minimum Gasteiger partial charge on any atom is -0.350 e. The quantitative estimate of drug-likeness (QED) is 0.647. The molecule has 0 saturated heterocycles. The van der Waals surface area contributed by atoms with Gasteiger partial charge in [0, 0.05) is 31.0 Å². The first-order chi connectivity index (χ1) is 11.3. The molecular weight excluding hydrogens is 361 g/mol. The van der Waals surface area contributed by atoms with Crippen LogP contribution < -0.4 is 5.32 Å². The molecule has 1 aromatic carbocycles. The first kappa shape index (κ1) is 18.5. The van der Waals surface area contributed by atoms with Crippen molar-refractivity contribution in [1.29, 1.82) is 0 Å². The fourth-order valence-electron chi connectivity index (χ4n) is 2.00. The second-order valence-electron chi connectivity index (χ2n) is 5.01. The van der Waals surface area contributed by atoms with Gasteiger partial charge in [0.1, 0.15) is 5.01 Å². The molecule has 2 rings (SSSR count). The van der Waals surface area contributed by atoms with Gasteiger partial charge in [0.15, 0.2) is 11.7 Å². The molecule has 24 heavy (non-hydrogen) atoms. The lowest BCUT2D eigenvalue weighted by atomic mass is 10.2. The van der Waals surface area contributed by atoms with Crippen molar-refractivity contribution in [2.45, 2.75) is 19.3 Å². The van der Waals surface area contributed by atoms with Gasteiger partial charge in [-0.3, -0.25) is 4.99 Å². The summed E-state index contributed by atoms with van der Waals surface area (Å²) in [5.74, 6) is 0.564. The van der Waals surface area contributed by atoms with E-state index in [0.29, 0.717) is 22.5 Å². The summed E-state index contributed by atoms with van der Waals surface area (Å²) in [6.45, 7) is 0.765. The van der Waals surface area contributed by atoms with Crippen LogP contribution in [0.2, 0.25) is 5.02 Å². The zero-order valence-electron chi connectivity index (χ0n) is 13.1. The first-order valence-corrected chi connectivity index (χ1v) is 8.23. The Labute approximate surface area is 147 Å². The highest BCUT2D eigenvalue weighted by molar-refractivity contribution is 7.09. The van der Waals surface area contributed by atoms with Crippen LogP contribution in [-0.4, -0.2) is 29.9 Å². The Morgan fingerprint density at radius 2 is 2.00 bits per heavy atom. The lowest BCUT2D eigenvalue weighted by Crippen LogP contribution is -2.38. The van der Waals surface area contributed by atoms with Crippen LogP contribution in [0, 0.1) is 0 Å². The third kappa shape index (κ3) is 5.10. The van der Waals surface area contributed by atoms with Gasteiger partial charge in [-0.2, -0.15) is 13.2 Å². The van der Waals surface area contributed by atoms with Crippen molar-refractivity contribution in [2.75, 3.05) is 14.1 Å². The highest BCUT2D eigenvalue weighted by Crippen LogP contribution is 2.29. The summed E-state index contributed by atoms with van der Waals surface area (Å²) >= 11 is 6.82. The zero-order valence-corrected chi connectivity index (χ0v) is 14.6. The number of aromatic nitrogens is 1. The summed E-state index contributed by atoms with van der Waals surface area (Å²) < 4.78 is 37.6. The SMILES string of the molecule is CN=C(NCc1nc(C(F)(F)F)cs1)N(C)Cc1ccc(Cl)cc1. The number of thiazole rings is 1. The van der Waals surface area contributed by atoms with Gasteiger partial charge < -0.3 is 10.2 Å². The normalized spacial score (nSPS) is 12.3. The highest BCUT2D eigenvalue weighted by atomic mass is 35.5. The van der Waals surface area contributed by atoms with Crippen LogP contribution in [0.3, 0.4) is 0 Å². The second kappa shape index (κ2) is 7.85. The predicted molar refractivity (Wildman–Crippen MR) is 90.2 cm³/mol. The molecule has 0 bridgehead atoms. The van der Waals surface area contributed by atoms with Crippen molar-refractivity contribution in [3.8, 4) is 0 Å². The molecule has 0 atom stereocenters. The number of hydrogen-bond donors (Lipinski definition) is 1. The van der Waals surface area contributed by atoms with Gasteiger partial charge in [-0.15, -0.1) is 11.3 Å². The molecule has 0 aliphatic heterocycles. The smallest absolute Gasteiger partial charge is 0.350 e. The lowest BCUT2D eigenvalue weighted by molar-refractivity contribution is -0.140. The zero-order chi connectivity index (χ0) is 17.7. The van der Waals surface area contributed by atoms with Crippen LogP contribution in [0.1, 0.15) is 16.3 Å². The van der Waals surface area contributed by atoms with Gasteiger partial charge in [0.05, 0.1) is 6.54 Å². The molecule has 0 aliphatic carbocycles. The number of benzene rings is 1. The number of alkyl halides is 3. The summed E-state index contributed by atoms with van der Waals surface area (Å²) in [4.78, 5) is 9.58. The van der Waals surface area contributed by atoms with E-state index >= 15 is 0 Å². The first-order valence-electron chi connectivity index (χ1n) is 6.97. The Morgan fingerprint density at radius 1 is 1.33 bits per heavy atom. The number of nitrogens with one attached hydrogen (secondary N) is 1. The monoisotopic (exact) mass is 376 g/mol. The Hall–Kier alpha value is -1.80. The molecule has 2 aromatic rings. The summed E-state index contributed by atoms with van der Waals surface area (Å²) in [5, 5.41) is 5.03. The van der Waals surface area contributed by atoms with Gasteiger partial charge >= 0.3 is 6.18 Å². The minimum absolute atomic E-state index is 0.179. The Morgan fingerprint density at radius 3 is 2.54 bits per heavy atom. The van der Waals surface area contributed by atoms with Crippen LogP contribution in [0.25, 0.3) is 0 Å². The van der Waals surface area contributed by atoms with E-state index in [4.69, 9.17) is 11.6 Å². The van der Waals surface area contributed by atoms with Gasteiger partial charge in [-0.05, 0) is 17.7 Å². The van der Waals surface area contributed by atoms with E-state index in [2.05, 4.69) is 15.3 Å². The van der Waals surface area contributed by atoms with E-state index in [-0.39, 0.29) is 6.54 Å². The number of halogens is 4. The van der Waals surface area contributed by atoms with E-state index in [9.17, 15) is 13.2 Å². The summed E-state index contributed by atoms with van der Waals surface area (Å²) in [7, 11) is 3.45. The summed E-state index contributed by atoms with van der Waals surface area (Å²) in [5.41, 5.74) is 0.173. The van der Waals surface area contributed by atoms with E-state index in [0.717, 1.165) is 22.3 Å². The third-order valence-electron chi connectivity index (χ3n) is 3.15. The molecule has 0 fully saturated rings. The predicted octanol–water partition coefficient (Wildman–Crippen LogP) is 4.02. The van der Waals surface area contributed by atoms with Crippen molar-refractivity contribution >= 4 is 28.9 Å². The Bertz CT molecular complexity index is 697. The van der Waals surface area contributed by atoms with E-state index < -0.39 is 11.9 Å². The van der Waals surface area contributed by atoms with Crippen molar-refractivity contribution in [3.63, 3.8) is 0 Å². The maximum absolute atomic E-state index is 12.5. The Balaban J connectivity index is 1.94. The fraction of sp³-hybridized carbons (Fsp3) is 0.333. The molecule has 130 valence electrons. The van der Waals surface area contributed by atoms with Gasteiger partial charge in [0.2, 0.25) is 0 Å². The lowest BCUT2D eigenvalue weighted by Gasteiger charge is -2.21. The number of aliphatic imine (C=N–C) groups is 1. The molecule has 1 heterocycles. The van der Waals surface area contributed by atoms with E-state index in [1.165, 1.54) is 0 Å². The molecule has 1 aromatic heterocycles. The van der Waals surface area contributed by atoms with Crippen LogP contribution >= 0.6 is 22.9 Å². The molecule has 0 aliphatic rings. The minimum atomic E-state index is -4.41. The summed E-state index contributed by atoms with van der Waals surface area (Å²) in [6.07, 6.45) is -4.41. The van der Waals surface area contributed by atoms with E-state index in [1.807, 2.05) is 24.1 Å². The number of guanidine groups is 1. The highest BCUT2D eigenvalue weighted by Gasteiger charge is 2.33. The van der Waals surface area contributed by atoms with Crippen LogP contribution in [-0.2, 0) is 19.3 Å². The topological polar surface area (TPSA) is 40.5 Å². The van der Waals surface area contributed by atoms with Crippen molar-refractivity contribution in [3.05, 3.63) is 50.9 Å². The van der Waals surface area contributed by atoms with Gasteiger partial charge in [-0.1, -0.05) is 23.7 Å².